The van der Waals surface area contributed by atoms with Crippen LogP contribution in [-0.2, 0) is 0 Å². The second kappa shape index (κ2) is 6.67. The predicted molar refractivity (Wildman–Crippen MR) is 85.9 cm³/mol. The fraction of sp³-hybridized carbons (Fsp3) is 0.294. The van der Waals surface area contributed by atoms with Crippen molar-refractivity contribution < 1.29 is 4.74 Å². The highest BCUT2D eigenvalue weighted by molar-refractivity contribution is 6.30. The van der Waals surface area contributed by atoms with Crippen LogP contribution in [0.1, 0.15) is 18.1 Å². The molecule has 20 heavy (non-hydrogen) atoms. The molecule has 0 aromatic heterocycles. The van der Waals surface area contributed by atoms with E-state index in [0.29, 0.717) is 0 Å². The van der Waals surface area contributed by atoms with E-state index in [4.69, 9.17) is 16.3 Å². The van der Waals surface area contributed by atoms with Crippen LogP contribution in [0.3, 0.4) is 0 Å². The summed E-state index contributed by atoms with van der Waals surface area (Å²) in [5.74, 6) is 0.838. The second-order valence-electron chi connectivity index (χ2n) is 5.03. The molecule has 1 atom stereocenters. The van der Waals surface area contributed by atoms with Crippen LogP contribution in [0, 0.1) is 13.8 Å². The molecule has 0 radical (unpaired) electrons. The molecule has 0 saturated heterocycles. The smallest absolute Gasteiger partial charge is 0.119 e. The second-order valence-corrected chi connectivity index (χ2v) is 5.47. The lowest BCUT2D eigenvalue weighted by atomic mass is 10.1. The minimum Gasteiger partial charge on any atom is -0.489 e. The number of nitrogens with one attached hydrogen (secondary N) is 1. The zero-order valence-electron chi connectivity index (χ0n) is 12.1. The van der Waals surface area contributed by atoms with E-state index in [1.165, 1.54) is 16.8 Å². The van der Waals surface area contributed by atoms with Crippen molar-refractivity contribution in [2.24, 2.45) is 0 Å². The number of benzene rings is 2. The topological polar surface area (TPSA) is 21.3 Å². The maximum Gasteiger partial charge on any atom is 0.119 e. The monoisotopic (exact) mass is 289 g/mol. The van der Waals surface area contributed by atoms with E-state index in [9.17, 15) is 0 Å². The van der Waals surface area contributed by atoms with Gasteiger partial charge in [-0.3, -0.25) is 0 Å². The zero-order chi connectivity index (χ0) is 14.5. The molecule has 0 aliphatic carbocycles. The highest BCUT2D eigenvalue weighted by Crippen LogP contribution is 2.20. The summed E-state index contributed by atoms with van der Waals surface area (Å²) in [5, 5.41) is 4.18. The van der Waals surface area contributed by atoms with Crippen LogP contribution in [0.4, 0.5) is 5.69 Å². The number of hydrogen-bond donors (Lipinski definition) is 1. The van der Waals surface area contributed by atoms with Crippen LogP contribution in [-0.4, -0.2) is 12.6 Å². The summed E-state index contributed by atoms with van der Waals surface area (Å²) in [6.45, 7) is 7.03. The molecular formula is C17H20ClNO. The Balaban J connectivity index is 1.92. The van der Waals surface area contributed by atoms with Crippen molar-refractivity contribution >= 4 is 17.3 Å². The van der Waals surface area contributed by atoms with E-state index in [1.54, 1.807) is 0 Å². The molecule has 106 valence electrons. The fourth-order valence-electron chi connectivity index (χ4n) is 2.13. The van der Waals surface area contributed by atoms with Crippen molar-refractivity contribution in [1.29, 1.82) is 0 Å². The summed E-state index contributed by atoms with van der Waals surface area (Å²) in [6, 6.07) is 13.7. The Hall–Kier alpha value is -1.67. The first-order chi connectivity index (χ1) is 9.56. The number of rotatable bonds is 5. The first kappa shape index (κ1) is 14.7. The summed E-state index contributed by atoms with van der Waals surface area (Å²) in [4.78, 5) is 0. The van der Waals surface area contributed by atoms with Crippen LogP contribution < -0.4 is 10.1 Å². The normalized spacial score (nSPS) is 12.0. The molecule has 0 saturated carbocycles. The Morgan fingerprint density at radius 1 is 1.05 bits per heavy atom. The third kappa shape index (κ3) is 3.91. The van der Waals surface area contributed by atoms with Crippen LogP contribution in [0.15, 0.2) is 42.5 Å². The molecule has 0 aliphatic rings. The van der Waals surface area contributed by atoms with Gasteiger partial charge < -0.3 is 10.1 Å². The summed E-state index contributed by atoms with van der Waals surface area (Å²) < 4.78 is 5.85. The maximum atomic E-state index is 5.86. The molecule has 0 spiro atoms. The van der Waals surface area contributed by atoms with Gasteiger partial charge in [0.1, 0.15) is 11.9 Å². The summed E-state index contributed by atoms with van der Waals surface area (Å²) >= 11 is 5.86. The number of ether oxygens (including phenoxy) is 1. The van der Waals surface area contributed by atoms with Gasteiger partial charge in [0.2, 0.25) is 0 Å². The van der Waals surface area contributed by atoms with Crippen molar-refractivity contribution in [2.45, 2.75) is 26.9 Å². The molecule has 0 amide bonds. The average Bonchev–Trinajstić information content (AvgIpc) is 2.41. The molecule has 1 unspecified atom stereocenters. The van der Waals surface area contributed by atoms with E-state index >= 15 is 0 Å². The fourth-order valence-corrected chi connectivity index (χ4v) is 2.25. The van der Waals surface area contributed by atoms with E-state index < -0.39 is 0 Å². The molecule has 2 nitrogen and oxygen atoms in total. The highest BCUT2D eigenvalue weighted by atomic mass is 35.5. The van der Waals surface area contributed by atoms with Crippen LogP contribution in [0.5, 0.6) is 5.75 Å². The lowest BCUT2D eigenvalue weighted by Crippen LogP contribution is -2.23. The molecule has 0 bridgehead atoms. The number of para-hydroxylation sites is 1. The maximum absolute atomic E-state index is 5.86. The Kier molecular flexibility index (Phi) is 4.91. The van der Waals surface area contributed by atoms with Crippen LogP contribution in [0.25, 0.3) is 0 Å². The molecule has 2 aromatic rings. The molecule has 2 rings (SSSR count). The van der Waals surface area contributed by atoms with Gasteiger partial charge >= 0.3 is 0 Å². The minimum atomic E-state index is 0.0789. The number of aryl methyl sites for hydroxylation is 2. The summed E-state index contributed by atoms with van der Waals surface area (Å²) in [5.41, 5.74) is 3.70. The standard InChI is InChI=1S/C17H20ClNO/c1-12-5-4-6-13(2)17(12)19-11-14(3)20-16-9-7-15(18)8-10-16/h4-10,14,19H,11H2,1-3H3. The first-order valence-corrected chi connectivity index (χ1v) is 7.16. The van der Waals surface area contributed by atoms with Crippen molar-refractivity contribution in [3.8, 4) is 5.75 Å². The van der Waals surface area contributed by atoms with Gasteiger partial charge in [0, 0.05) is 10.7 Å². The van der Waals surface area contributed by atoms with Gasteiger partial charge in [0.15, 0.2) is 0 Å². The SMILES string of the molecule is Cc1cccc(C)c1NCC(C)Oc1ccc(Cl)cc1. The predicted octanol–water partition coefficient (Wildman–Crippen LogP) is 4.84. The van der Waals surface area contributed by atoms with E-state index in [-0.39, 0.29) is 6.10 Å². The third-order valence-electron chi connectivity index (χ3n) is 3.20. The molecule has 0 heterocycles. The van der Waals surface area contributed by atoms with E-state index in [2.05, 4.69) is 44.3 Å². The van der Waals surface area contributed by atoms with Gasteiger partial charge in [-0.15, -0.1) is 0 Å². The quantitative estimate of drug-likeness (QED) is 0.851. The Labute approximate surface area is 125 Å². The molecular weight excluding hydrogens is 270 g/mol. The van der Waals surface area contributed by atoms with Gasteiger partial charge in [-0.2, -0.15) is 0 Å². The Morgan fingerprint density at radius 3 is 2.25 bits per heavy atom. The largest absolute Gasteiger partial charge is 0.489 e. The van der Waals surface area contributed by atoms with Crippen LogP contribution >= 0.6 is 11.6 Å². The van der Waals surface area contributed by atoms with Gasteiger partial charge in [-0.25, -0.2) is 0 Å². The molecule has 0 aliphatic heterocycles. The number of hydrogen-bond acceptors (Lipinski definition) is 2. The third-order valence-corrected chi connectivity index (χ3v) is 3.45. The number of halogens is 1. The van der Waals surface area contributed by atoms with Crippen molar-refractivity contribution in [2.75, 3.05) is 11.9 Å². The van der Waals surface area contributed by atoms with Gasteiger partial charge in [0.05, 0.1) is 6.54 Å². The Morgan fingerprint density at radius 2 is 1.65 bits per heavy atom. The van der Waals surface area contributed by atoms with Gasteiger partial charge in [0.25, 0.3) is 0 Å². The minimum absolute atomic E-state index is 0.0789. The first-order valence-electron chi connectivity index (χ1n) is 6.78. The summed E-state index contributed by atoms with van der Waals surface area (Å²) in [7, 11) is 0. The molecule has 3 heteroatoms. The molecule has 2 aromatic carbocycles. The highest BCUT2D eigenvalue weighted by Gasteiger charge is 2.06. The van der Waals surface area contributed by atoms with Crippen molar-refractivity contribution in [1.82, 2.24) is 0 Å². The molecule has 1 N–H and O–H groups in total. The molecule has 0 fully saturated rings. The van der Waals surface area contributed by atoms with Crippen molar-refractivity contribution in [3.63, 3.8) is 0 Å². The van der Waals surface area contributed by atoms with Gasteiger partial charge in [-0.1, -0.05) is 29.8 Å². The van der Waals surface area contributed by atoms with Crippen LogP contribution in [0.2, 0.25) is 5.02 Å². The lowest BCUT2D eigenvalue weighted by molar-refractivity contribution is 0.235. The van der Waals surface area contributed by atoms with Crippen molar-refractivity contribution in [3.05, 3.63) is 58.6 Å². The average molecular weight is 290 g/mol. The van der Waals surface area contributed by atoms with E-state index in [0.717, 1.165) is 17.3 Å². The van der Waals surface area contributed by atoms with Gasteiger partial charge in [-0.05, 0) is 56.2 Å². The number of anilines is 1. The lowest BCUT2D eigenvalue weighted by Gasteiger charge is -2.18. The summed E-state index contributed by atoms with van der Waals surface area (Å²) in [6.07, 6.45) is 0.0789. The zero-order valence-corrected chi connectivity index (χ0v) is 12.9. The van der Waals surface area contributed by atoms with E-state index in [1.807, 2.05) is 24.3 Å². The Bertz CT molecular complexity index is 545.